The number of anilines is 1. The Kier molecular flexibility index (Phi) is 4.82. The zero-order valence-corrected chi connectivity index (χ0v) is 11.1. The summed E-state index contributed by atoms with van der Waals surface area (Å²) < 4.78 is 0. The fraction of sp³-hybridized carbons (Fsp3) is 0.417. The van der Waals surface area contributed by atoms with Crippen LogP contribution in [0.3, 0.4) is 0 Å². The number of nitro groups is 1. The van der Waals surface area contributed by atoms with Gasteiger partial charge in [-0.3, -0.25) is 14.9 Å². The van der Waals surface area contributed by atoms with Gasteiger partial charge in [0.15, 0.2) is 0 Å². The van der Waals surface area contributed by atoms with Gasteiger partial charge in [0.05, 0.1) is 17.6 Å². The fourth-order valence-electron chi connectivity index (χ4n) is 1.65. The summed E-state index contributed by atoms with van der Waals surface area (Å²) in [5, 5.41) is 22.9. The Balaban J connectivity index is 3.12. The Morgan fingerprint density at radius 1 is 1.58 bits per heavy atom. The smallest absolute Gasteiger partial charge is 0.292 e. The number of nitro benzene ring substituents is 1. The van der Waals surface area contributed by atoms with Gasteiger partial charge in [0.1, 0.15) is 5.69 Å². The van der Waals surface area contributed by atoms with E-state index in [-0.39, 0.29) is 18.1 Å². The molecule has 2 N–H and O–H groups in total. The molecule has 0 heterocycles. The van der Waals surface area contributed by atoms with Gasteiger partial charge in [-0.15, -0.1) is 0 Å². The average molecular weight is 267 g/mol. The van der Waals surface area contributed by atoms with Crippen molar-refractivity contribution < 1.29 is 14.8 Å². The van der Waals surface area contributed by atoms with E-state index < -0.39 is 11.0 Å². The summed E-state index contributed by atoms with van der Waals surface area (Å²) in [4.78, 5) is 23.3. The van der Waals surface area contributed by atoms with Gasteiger partial charge in [-0.05, 0) is 18.6 Å². The maximum Gasteiger partial charge on any atom is 0.292 e. The fourth-order valence-corrected chi connectivity index (χ4v) is 1.65. The largest absolute Gasteiger partial charge is 0.389 e. The van der Waals surface area contributed by atoms with E-state index in [2.05, 4.69) is 5.32 Å². The van der Waals surface area contributed by atoms with E-state index in [1.807, 2.05) is 0 Å². The first-order chi connectivity index (χ1) is 8.86. The number of nitrogens with zero attached hydrogens (tertiary/aromatic N) is 2. The maximum absolute atomic E-state index is 11.3. The third-order valence-corrected chi connectivity index (χ3v) is 2.75. The summed E-state index contributed by atoms with van der Waals surface area (Å²) in [6.07, 6.45) is -0.781. The number of likely N-dealkylation sites (N-methyl/N-ethyl adjacent to an activating group) is 2. The number of aliphatic hydroxyl groups is 1. The van der Waals surface area contributed by atoms with Crippen molar-refractivity contribution in [3.8, 4) is 0 Å². The van der Waals surface area contributed by atoms with Crippen molar-refractivity contribution in [3.63, 3.8) is 0 Å². The van der Waals surface area contributed by atoms with E-state index >= 15 is 0 Å². The van der Waals surface area contributed by atoms with Gasteiger partial charge in [0, 0.05) is 20.2 Å². The lowest BCUT2D eigenvalue weighted by Gasteiger charge is -2.18. The van der Waals surface area contributed by atoms with Crippen LogP contribution in [0, 0.1) is 10.1 Å². The molecule has 0 fully saturated rings. The molecule has 0 saturated carbocycles. The first kappa shape index (κ1) is 14.9. The highest BCUT2D eigenvalue weighted by molar-refractivity contribution is 5.82. The van der Waals surface area contributed by atoms with Gasteiger partial charge >= 0.3 is 0 Å². The standard InChI is InChI=1S/C12H17N3O4/c1-8(16)9-4-5-10(11(6-9)15(18)19)14(3)7-12(17)13-2/h4-6,8,16H,7H2,1-3H3,(H,13,17)/t8-/m0/s1. The first-order valence-corrected chi connectivity index (χ1v) is 5.75. The van der Waals surface area contributed by atoms with Crippen molar-refractivity contribution in [1.82, 2.24) is 5.32 Å². The zero-order valence-electron chi connectivity index (χ0n) is 11.1. The molecule has 1 atom stereocenters. The van der Waals surface area contributed by atoms with E-state index in [4.69, 9.17) is 0 Å². The van der Waals surface area contributed by atoms with Crippen LogP contribution in [0.2, 0.25) is 0 Å². The molecule has 1 aromatic carbocycles. The predicted octanol–water partition coefficient (Wildman–Crippen LogP) is 0.830. The van der Waals surface area contributed by atoms with E-state index in [0.717, 1.165) is 0 Å². The minimum Gasteiger partial charge on any atom is -0.389 e. The molecule has 0 spiro atoms. The number of hydrogen-bond donors (Lipinski definition) is 2. The summed E-state index contributed by atoms with van der Waals surface area (Å²) in [6.45, 7) is 1.55. The molecule has 0 aliphatic rings. The van der Waals surface area contributed by atoms with Crippen LogP contribution in [0.25, 0.3) is 0 Å². The normalized spacial score (nSPS) is 11.8. The number of hydrogen-bond acceptors (Lipinski definition) is 5. The van der Waals surface area contributed by atoms with Gasteiger partial charge in [-0.1, -0.05) is 6.07 Å². The van der Waals surface area contributed by atoms with Gasteiger partial charge in [0.25, 0.3) is 5.69 Å². The quantitative estimate of drug-likeness (QED) is 0.608. The molecular formula is C12H17N3O4. The third-order valence-electron chi connectivity index (χ3n) is 2.75. The molecule has 1 amide bonds. The maximum atomic E-state index is 11.3. The average Bonchev–Trinajstić information content (AvgIpc) is 2.37. The number of benzene rings is 1. The molecule has 104 valence electrons. The van der Waals surface area contributed by atoms with Gasteiger partial charge in [-0.25, -0.2) is 0 Å². The van der Waals surface area contributed by atoms with Crippen molar-refractivity contribution in [1.29, 1.82) is 0 Å². The van der Waals surface area contributed by atoms with E-state index in [1.165, 1.54) is 31.0 Å². The van der Waals surface area contributed by atoms with E-state index in [1.54, 1.807) is 13.1 Å². The molecule has 7 nitrogen and oxygen atoms in total. The molecule has 0 aliphatic heterocycles. The van der Waals surface area contributed by atoms with Crippen LogP contribution in [-0.4, -0.2) is 36.6 Å². The van der Waals surface area contributed by atoms with Crippen molar-refractivity contribution in [3.05, 3.63) is 33.9 Å². The van der Waals surface area contributed by atoms with Crippen LogP contribution < -0.4 is 10.2 Å². The topological polar surface area (TPSA) is 95.7 Å². The second-order valence-electron chi connectivity index (χ2n) is 4.21. The second kappa shape index (κ2) is 6.14. The molecule has 19 heavy (non-hydrogen) atoms. The minimum atomic E-state index is -0.781. The Morgan fingerprint density at radius 2 is 2.21 bits per heavy atom. The minimum absolute atomic E-state index is 0.0192. The van der Waals surface area contributed by atoms with Crippen LogP contribution in [0.5, 0.6) is 0 Å². The van der Waals surface area contributed by atoms with Crippen LogP contribution in [-0.2, 0) is 4.79 Å². The molecule has 7 heteroatoms. The molecule has 0 unspecified atom stereocenters. The lowest BCUT2D eigenvalue weighted by atomic mass is 10.1. The van der Waals surface area contributed by atoms with Gasteiger partial charge in [0.2, 0.25) is 5.91 Å². The van der Waals surface area contributed by atoms with Crippen LogP contribution in [0.1, 0.15) is 18.6 Å². The zero-order chi connectivity index (χ0) is 14.6. The van der Waals surface area contributed by atoms with Crippen LogP contribution >= 0.6 is 0 Å². The summed E-state index contributed by atoms with van der Waals surface area (Å²) in [7, 11) is 3.10. The van der Waals surface area contributed by atoms with E-state index in [9.17, 15) is 20.0 Å². The predicted molar refractivity (Wildman–Crippen MR) is 71.1 cm³/mol. The SMILES string of the molecule is CNC(=O)CN(C)c1ccc([C@H](C)O)cc1[N+](=O)[O-]. The lowest BCUT2D eigenvalue weighted by Crippen LogP contribution is -2.33. The number of amides is 1. The summed E-state index contributed by atoms with van der Waals surface area (Å²) in [5.74, 6) is -0.239. The number of aliphatic hydroxyl groups excluding tert-OH is 1. The van der Waals surface area contributed by atoms with Crippen LogP contribution in [0.15, 0.2) is 18.2 Å². The molecule has 1 rings (SSSR count). The van der Waals surface area contributed by atoms with E-state index in [0.29, 0.717) is 11.3 Å². The Hall–Kier alpha value is -2.15. The van der Waals surface area contributed by atoms with Crippen molar-refractivity contribution in [2.24, 2.45) is 0 Å². The highest BCUT2D eigenvalue weighted by atomic mass is 16.6. The monoisotopic (exact) mass is 267 g/mol. The summed E-state index contributed by atoms with van der Waals surface area (Å²) >= 11 is 0. The number of carbonyl (C=O) groups is 1. The van der Waals surface area contributed by atoms with Gasteiger partial charge < -0.3 is 15.3 Å². The number of nitrogens with one attached hydrogen (secondary N) is 1. The third kappa shape index (κ3) is 3.65. The first-order valence-electron chi connectivity index (χ1n) is 5.75. The van der Waals surface area contributed by atoms with Crippen LogP contribution in [0.4, 0.5) is 11.4 Å². The number of rotatable bonds is 5. The Morgan fingerprint density at radius 3 is 2.68 bits per heavy atom. The Labute approximate surface area is 111 Å². The van der Waals surface area contributed by atoms with Crippen molar-refractivity contribution >= 4 is 17.3 Å². The molecule has 0 bridgehead atoms. The second-order valence-corrected chi connectivity index (χ2v) is 4.21. The summed E-state index contributed by atoms with van der Waals surface area (Å²) in [6, 6.07) is 4.46. The molecule has 0 radical (unpaired) electrons. The van der Waals surface area contributed by atoms with Crippen molar-refractivity contribution in [2.75, 3.05) is 25.5 Å². The highest BCUT2D eigenvalue weighted by Gasteiger charge is 2.20. The highest BCUT2D eigenvalue weighted by Crippen LogP contribution is 2.30. The molecule has 0 saturated heterocycles. The van der Waals surface area contributed by atoms with Gasteiger partial charge in [-0.2, -0.15) is 0 Å². The van der Waals surface area contributed by atoms with Crippen molar-refractivity contribution in [2.45, 2.75) is 13.0 Å². The lowest BCUT2D eigenvalue weighted by molar-refractivity contribution is -0.384. The number of carbonyl (C=O) groups excluding carboxylic acids is 1. The summed E-state index contributed by atoms with van der Waals surface area (Å²) in [5.41, 5.74) is 0.659. The molecule has 1 aromatic rings. The molecule has 0 aliphatic carbocycles. The molecule has 0 aromatic heterocycles. The Bertz CT molecular complexity index is 488. The molecular weight excluding hydrogens is 250 g/mol.